The van der Waals surface area contributed by atoms with Crippen molar-refractivity contribution in [3.8, 4) is 0 Å². The van der Waals surface area contributed by atoms with Crippen molar-refractivity contribution in [2.24, 2.45) is 0 Å². The van der Waals surface area contributed by atoms with E-state index in [4.69, 9.17) is 40.4 Å². The topological polar surface area (TPSA) is 284 Å². The van der Waals surface area contributed by atoms with Crippen LogP contribution in [0.1, 0.15) is 78.1 Å². The molecule has 2 aliphatic heterocycles. The zero-order valence-electron chi connectivity index (χ0n) is 35.1. The predicted molar refractivity (Wildman–Crippen MR) is 230 cm³/mol. The SMILES string of the molecule is C=CC1=C(C)c2cc3[n-]c(cc4nc(cc5[n-]c(cc1n2)c(C)c5C=C)C(C)=C4CCC(=O)O)c(CCC(=O)O)c3C.O=C(O)CN(CCN(CC(=O)O)CC(=O)O)CC(=O)O.[Fe+2]. The number of carboxylic acids is 6. The van der Waals surface area contributed by atoms with E-state index >= 15 is 0 Å². The summed E-state index contributed by atoms with van der Waals surface area (Å²) < 4.78 is 0. The summed E-state index contributed by atoms with van der Waals surface area (Å²) >= 11 is 0. The van der Waals surface area contributed by atoms with Crippen molar-refractivity contribution in [1.29, 1.82) is 0 Å². The van der Waals surface area contributed by atoms with Crippen LogP contribution < -0.4 is 9.97 Å². The maximum Gasteiger partial charge on any atom is 2.00 e. The van der Waals surface area contributed by atoms with Gasteiger partial charge < -0.3 is 40.6 Å². The van der Waals surface area contributed by atoms with Gasteiger partial charge in [0.15, 0.2) is 0 Å². The van der Waals surface area contributed by atoms with Crippen LogP contribution in [-0.4, -0.2) is 125 Å². The third kappa shape index (κ3) is 13.4. The Hall–Kier alpha value is -6.66. The van der Waals surface area contributed by atoms with Gasteiger partial charge >= 0.3 is 52.9 Å². The van der Waals surface area contributed by atoms with E-state index in [2.05, 4.69) is 13.2 Å². The molecule has 3 aromatic heterocycles. The Kier molecular flexibility index (Phi) is 18.1. The van der Waals surface area contributed by atoms with Gasteiger partial charge in [-0.25, -0.2) is 9.97 Å². The van der Waals surface area contributed by atoms with Crippen molar-refractivity contribution in [3.63, 3.8) is 0 Å². The van der Waals surface area contributed by atoms with Crippen LogP contribution in [0.4, 0.5) is 0 Å². The number of fused-ring (bicyclic) bond motifs is 8. The quantitative estimate of drug-likeness (QED) is 0.0890. The van der Waals surface area contributed by atoms with Gasteiger partial charge in [-0.1, -0.05) is 66.3 Å². The normalized spacial score (nSPS) is 12.1. The Morgan fingerprint density at radius 2 is 0.984 bits per heavy atom. The van der Waals surface area contributed by atoms with Crippen molar-refractivity contribution >= 4 is 86.3 Å². The molecule has 6 N–H and O–H groups in total. The Bertz CT molecular complexity index is 2500. The fraction of sp³-hybridized carbons (Fsp3) is 0.318. The predicted octanol–water partition coefficient (Wildman–Crippen LogP) is 4.69. The number of aryl methyl sites for hydroxylation is 3. The fourth-order valence-electron chi connectivity index (χ4n) is 7.09. The van der Waals surface area contributed by atoms with Gasteiger partial charge in [0, 0.05) is 31.5 Å². The molecule has 0 saturated carbocycles. The van der Waals surface area contributed by atoms with Gasteiger partial charge in [0.25, 0.3) is 0 Å². The van der Waals surface area contributed by atoms with Crippen LogP contribution in [0.25, 0.3) is 50.4 Å². The third-order valence-corrected chi connectivity index (χ3v) is 10.2. The van der Waals surface area contributed by atoms with Crippen molar-refractivity contribution < 1.29 is 76.5 Å². The van der Waals surface area contributed by atoms with E-state index in [0.717, 1.165) is 71.3 Å². The van der Waals surface area contributed by atoms with Crippen LogP contribution in [-0.2, 0) is 52.3 Å². The summed E-state index contributed by atoms with van der Waals surface area (Å²) in [6.07, 6.45) is 4.06. The Labute approximate surface area is 372 Å². The molecule has 0 atom stereocenters. The molecule has 0 fully saturated rings. The van der Waals surface area contributed by atoms with Crippen molar-refractivity contribution in [2.75, 3.05) is 39.3 Å². The zero-order valence-corrected chi connectivity index (χ0v) is 36.2. The molecule has 5 rings (SSSR count). The number of hydrogen-bond acceptors (Lipinski definition) is 10. The molecule has 8 bridgehead atoms. The van der Waals surface area contributed by atoms with E-state index < -0.39 is 62.0 Å². The molecular weight excluding hydrogens is 860 g/mol. The summed E-state index contributed by atoms with van der Waals surface area (Å²) in [7, 11) is 0. The third-order valence-electron chi connectivity index (χ3n) is 10.2. The van der Waals surface area contributed by atoms with Crippen molar-refractivity contribution in [1.82, 2.24) is 29.7 Å². The van der Waals surface area contributed by atoms with Gasteiger partial charge in [-0.2, -0.15) is 0 Å². The molecule has 2 aliphatic rings. The molecule has 18 nitrogen and oxygen atoms in total. The van der Waals surface area contributed by atoms with E-state index in [9.17, 15) is 39.0 Å². The van der Waals surface area contributed by atoms with Gasteiger partial charge in [-0.05, 0) is 62.8 Å². The molecule has 334 valence electrons. The van der Waals surface area contributed by atoms with E-state index in [1.807, 2.05) is 52.0 Å². The van der Waals surface area contributed by atoms with Crippen LogP contribution >= 0.6 is 0 Å². The summed E-state index contributed by atoms with van der Waals surface area (Å²) in [5.74, 6) is -6.71. The smallest absolute Gasteiger partial charge is 0.657 e. The molecule has 0 amide bonds. The summed E-state index contributed by atoms with van der Waals surface area (Å²) in [6, 6.07) is 7.62. The average molecular weight is 909 g/mol. The number of hydrogen-bond donors (Lipinski definition) is 6. The standard InChI is InChI=1S/C34H34N4O4.C10H16N2O8.Fe/c1-7-21-17(3)25-13-26-19(5)23(9-11-33(39)40)31(37-26)16-32-24(10-12-34(41)42)20(6)28(38-32)15-30-22(8-2)18(4)27(36-30)14-29(21)35-25;13-7(14)3-11(4-8(15)16)1-2-12(5-9(17)18)6-10(19)20;/h7-8,13-16H,1-2,9-12H2,3-6H3,(H4,35,36,37,38,39,40,41,42);1-6H2,(H,13,14)(H,15,16)(H,17,18)(H,19,20);/q;;+2/p-2. The monoisotopic (exact) mass is 908 g/mol. The van der Waals surface area contributed by atoms with E-state index in [-0.39, 0.29) is 43.0 Å². The van der Waals surface area contributed by atoms with Gasteiger partial charge in [-0.3, -0.25) is 38.6 Å². The number of aromatic nitrogens is 4. The first-order valence-electron chi connectivity index (χ1n) is 19.3. The largest absolute Gasteiger partial charge is 2.00 e. The molecule has 0 saturated heterocycles. The molecule has 5 heterocycles. The second kappa shape index (κ2) is 22.4. The molecule has 0 spiro atoms. The first-order chi connectivity index (χ1) is 29.2. The minimum Gasteiger partial charge on any atom is -0.657 e. The summed E-state index contributed by atoms with van der Waals surface area (Å²) in [6.45, 7) is 13.6. The van der Waals surface area contributed by atoms with Gasteiger partial charge in [0.1, 0.15) is 0 Å². The van der Waals surface area contributed by atoms with E-state index in [0.29, 0.717) is 40.8 Å². The molecule has 0 aliphatic carbocycles. The molecular formula is C44H48FeN6O12. The maximum atomic E-state index is 11.5. The second-order valence-electron chi connectivity index (χ2n) is 14.6. The average Bonchev–Trinajstić information content (AvgIpc) is 3.83. The zero-order chi connectivity index (χ0) is 46.0. The van der Waals surface area contributed by atoms with Crippen LogP contribution in [0.2, 0.25) is 0 Å². The van der Waals surface area contributed by atoms with Gasteiger partial charge in [-0.15, -0.1) is 22.1 Å². The minimum absolute atomic E-state index is 0. The Morgan fingerprint density at radius 3 is 1.48 bits per heavy atom. The molecule has 0 aromatic carbocycles. The van der Waals surface area contributed by atoms with Crippen molar-refractivity contribution in [3.05, 3.63) is 88.5 Å². The van der Waals surface area contributed by atoms with Crippen LogP contribution in [0.15, 0.2) is 43.5 Å². The van der Waals surface area contributed by atoms with E-state index in [1.165, 1.54) is 0 Å². The molecule has 19 heteroatoms. The van der Waals surface area contributed by atoms with E-state index in [1.54, 1.807) is 12.2 Å². The number of nitrogens with zero attached hydrogens (tertiary/aromatic N) is 6. The van der Waals surface area contributed by atoms with Crippen LogP contribution in [0.3, 0.4) is 0 Å². The fourth-order valence-corrected chi connectivity index (χ4v) is 7.09. The molecule has 0 radical (unpaired) electrons. The number of aliphatic carboxylic acids is 6. The van der Waals surface area contributed by atoms with Gasteiger partial charge in [0.2, 0.25) is 0 Å². The first kappa shape index (κ1) is 50.7. The number of carbonyl (C=O) groups is 6. The Morgan fingerprint density at radius 1 is 0.556 bits per heavy atom. The number of carboxylic acid groups (broad SMARTS) is 6. The molecule has 3 aromatic rings. The van der Waals surface area contributed by atoms with Crippen molar-refractivity contribution in [2.45, 2.75) is 53.4 Å². The summed E-state index contributed by atoms with van der Waals surface area (Å²) in [5.41, 5.74) is 12.6. The van der Waals surface area contributed by atoms with Gasteiger partial charge in [0.05, 0.1) is 49.0 Å². The molecule has 63 heavy (non-hydrogen) atoms. The Balaban J connectivity index is 0.000000428. The first-order valence-corrected chi connectivity index (χ1v) is 19.3. The summed E-state index contributed by atoms with van der Waals surface area (Å²) in [5, 5.41) is 53.3. The van der Waals surface area contributed by atoms with Crippen LogP contribution in [0, 0.1) is 13.8 Å². The minimum atomic E-state index is -1.23. The maximum absolute atomic E-state index is 11.5. The molecule has 0 unspecified atom stereocenters. The van der Waals surface area contributed by atoms with Crippen LogP contribution in [0.5, 0.6) is 0 Å². The number of allylic oxidation sites excluding steroid dienone is 5. The summed E-state index contributed by atoms with van der Waals surface area (Å²) in [4.78, 5) is 87.1. The number of rotatable bonds is 19. The second-order valence-corrected chi connectivity index (χ2v) is 14.6.